The van der Waals surface area contributed by atoms with E-state index in [2.05, 4.69) is 45.0 Å². The summed E-state index contributed by atoms with van der Waals surface area (Å²) in [6, 6.07) is 8.57. The van der Waals surface area contributed by atoms with E-state index in [-0.39, 0.29) is 17.4 Å². The van der Waals surface area contributed by atoms with Crippen molar-refractivity contribution in [2.75, 3.05) is 32.0 Å². The third-order valence-electron chi connectivity index (χ3n) is 4.58. The average molecular weight is 365 g/mol. The maximum absolute atomic E-state index is 12.4. The van der Waals surface area contributed by atoms with Crippen molar-refractivity contribution in [1.29, 1.82) is 0 Å². The number of piperidine rings is 1. The number of carbonyl (C=O) groups excluding carboxylic acids is 1. The molecule has 0 aromatic heterocycles. The Hall–Kier alpha value is -1.04. The zero-order chi connectivity index (χ0) is 18.3. The van der Waals surface area contributed by atoms with E-state index in [1.54, 1.807) is 11.8 Å². The van der Waals surface area contributed by atoms with Gasteiger partial charge in [0.2, 0.25) is 5.91 Å². The first-order valence-corrected chi connectivity index (χ1v) is 10.2. The molecule has 0 unspecified atom stereocenters. The van der Waals surface area contributed by atoms with E-state index >= 15 is 0 Å². The molecule has 0 aliphatic carbocycles. The topological polar surface area (TPSA) is 55.6 Å². The highest BCUT2D eigenvalue weighted by atomic mass is 32.2. The van der Waals surface area contributed by atoms with Gasteiger partial charge in [-0.3, -0.25) is 4.79 Å². The number of carbonyl (C=O) groups is 1. The molecule has 0 spiro atoms. The van der Waals surface area contributed by atoms with Crippen molar-refractivity contribution in [3.63, 3.8) is 0 Å². The van der Waals surface area contributed by atoms with Crippen LogP contribution in [-0.2, 0) is 14.9 Å². The van der Waals surface area contributed by atoms with Crippen LogP contribution in [0.1, 0.15) is 45.6 Å². The van der Waals surface area contributed by atoms with Crippen LogP contribution < -0.4 is 5.73 Å². The first kappa shape index (κ1) is 20.3. The Morgan fingerprint density at radius 1 is 1.24 bits per heavy atom. The second-order valence-corrected chi connectivity index (χ2v) is 8.70. The molecule has 140 valence electrons. The third kappa shape index (κ3) is 6.65. The van der Waals surface area contributed by atoms with Crippen molar-refractivity contribution in [3.8, 4) is 0 Å². The monoisotopic (exact) mass is 364 g/mol. The third-order valence-corrected chi connectivity index (χ3v) is 5.58. The molecule has 1 aliphatic rings. The summed E-state index contributed by atoms with van der Waals surface area (Å²) < 4.78 is 5.80. The van der Waals surface area contributed by atoms with Gasteiger partial charge < -0.3 is 15.4 Å². The van der Waals surface area contributed by atoms with E-state index in [0.717, 1.165) is 43.9 Å². The van der Waals surface area contributed by atoms with Gasteiger partial charge in [0, 0.05) is 24.6 Å². The molecule has 2 rings (SSSR count). The maximum atomic E-state index is 12.4. The Bertz CT molecular complexity index is 532. The Kier molecular flexibility index (Phi) is 7.79. The molecule has 1 aromatic carbocycles. The number of likely N-dealkylation sites (tertiary alicyclic amines) is 1. The largest absolute Gasteiger partial charge is 0.378 e. The molecule has 2 N–H and O–H groups in total. The highest BCUT2D eigenvalue weighted by Crippen LogP contribution is 2.26. The van der Waals surface area contributed by atoms with Crippen LogP contribution in [0, 0.1) is 0 Å². The van der Waals surface area contributed by atoms with Gasteiger partial charge in [0.1, 0.15) is 0 Å². The summed E-state index contributed by atoms with van der Waals surface area (Å²) in [5.74, 6) is 0.735. The predicted octanol–water partition coefficient (Wildman–Crippen LogP) is 3.43. The molecule has 1 fully saturated rings. The van der Waals surface area contributed by atoms with Crippen LogP contribution in [0.25, 0.3) is 0 Å². The molecule has 1 aliphatic heterocycles. The summed E-state index contributed by atoms with van der Waals surface area (Å²) in [5, 5.41) is 0. The molecule has 4 nitrogen and oxygen atoms in total. The fourth-order valence-corrected chi connectivity index (χ4v) is 3.69. The van der Waals surface area contributed by atoms with Crippen molar-refractivity contribution < 1.29 is 9.53 Å². The molecule has 0 bridgehead atoms. The molecule has 0 radical (unpaired) electrons. The van der Waals surface area contributed by atoms with Gasteiger partial charge in [-0.2, -0.15) is 0 Å². The number of nitrogens with two attached hydrogens (primary N) is 1. The van der Waals surface area contributed by atoms with E-state index < -0.39 is 0 Å². The van der Waals surface area contributed by atoms with Crippen LogP contribution in [0.2, 0.25) is 0 Å². The summed E-state index contributed by atoms with van der Waals surface area (Å²) in [6.07, 6.45) is 3.06. The second kappa shape index (κ2) is 9.60. The van der Waals surface area contributed by atoms with Gasteiger partial charge in [0.05, 0.1) is 11.9 Å². The van der Waals surface area contributed by atoms with Crippen molar-refractivity contribution >= 4 is 17.7 Å². The van der Waals surface area contributed by atoms with E-state index in [1.807, 2.05) is 4.90 Å². The van der Waals surface area contributed by atoms with Crippen molar-refractivity contribution in [1.82, 2.24) is 4.90 Å². The first-order chi connectivity index (χ1) is 11.9. The number of rotatable bonds is 7. The fourth-order valence-electron chi connectivity index (χ4n) is 2.89. The minimum absolute atomic E-state index is 0.162. The molecular formula is C20H32N2O2S. The Morgan fingerprint density at radius 3 is 2.44 bits per heavy atom. The number of nitrogens with zero attached hydrogens (tertiary/aromatic N) is 1. The lowest BCUT2D eigenvalue weighted by atomic mass is 9.87. The smallest absolute Gasteiger partial charge is 0.232 e. The second-order valence-electron chi connectivity index (χ2n) is 7.66. The Labute approximate surface area is 156 Å². The number of hydrogen-bond acceptors (Lipinski definition) is 4. The minimum atomic E-state index is 0.162. The van der Waals surface area contributed by atoms with Crippen LogP contribution in [0.5, 0.6) is 0 Å². The summed E-state index contributed by atoms with van der Waals surface area (Å²) in [7, 11) is 0. The van der Waals surface area contributed by atoms with Crippen molar-refractivity contribution in [2.45, 2.75) is 56.4 Å². The highest BCUT2D eigenvalue weighted by molar-refractivity contribution is 8.00. The van der Waals surface area contributed by atoms with Crippen LogP contribution in [0.15, 0.2) is 29.2 Å². The van der Waals surface area contributed by atoms with Gasteiger partial charge in [0.25, 0.3) is 0 Å². The molecule has 1 heterocycles. The van der Waals surface area contributed by atoms with Crippen LogP contribution in [0.4, 0.5) is 0 Å². The van der Waals surface area contributed by atoms with E-state index in [9.17, 15) is 4.79 Å². The molecule has 25 heavy (non-hydrogen) atoms. The maximum Gasteiger partial charge on any atom is 0.232 e. The van der Waals surface area contributed by atoms with Gasteiger partial charge in [-0.25, -0.2) is 0 Å². The van der Waals surface area contributed by atoms with Gasteiger partial charge in [-0.05, 0) is 48.9 Å². The lowest BCUT2D eigenvalue weighted by Gasteiger charge is -2.32. The molecule has 1 amide bonds. The predicted molar refractivity (Wildman–Crippen MR) is 105 cm³/mol. The van der Waals surface area contributed by atoms with Gasteiger partial charge in [-0.1, -0.05) is 32.9 Å². The highest BCUT2D eigenvalue weighted by Gasteiger charge is 2.23. The lowest BCUT2D eigenvalue weighted by Crippen LogP contribution is -2.41. The lowest BCUT2D eigenvalue weighted by molar-refractivity contribution is -0.130. The van der Waals surface area contributed by atoms with E-state index in [0.29, 0.717) is 12.3 Å². The SMILES string of the molecule is CC(C)(C)c1ccc(SCC(=O)N2CCC(OCCCN)CC2)cc1. The number of amides is 1. The summed E-state index contributed by atoms with van der Waals surface area (Å²) in [4.78, 5) is 15.5. The average Bonchev–Trinajstić information content (AvgIpc) is 2.60. The molecule has 0 atom stereocenters. The molecule has 0 saturated carbocycles. The summed E-state index contributed by atoms with van der Waals surface area (Å²) in [5.41, 5.74) is 6.96. The number of thioether (sulfide) groups is 1. The quantitative estimate of drug-likeness (QED) is 0.595. The minimum Gasteiger partial charge on any atom is -0.378 e. The number of hydrogen-bond donors (Lipinski definition) is 1. The van der Waals surface area contributed by atoms with Gasteiger partial charge in [-0.15, -0.1) is 11.8 Å². The standard InChI is InChI=1S/C20H32N2O2S/c1-20(2,3)16-5-7-18(8-6-16)25-15-19(23)22-12-9-17(10-13-22)24-14-4-11-21/h5-8,17H,4,9-15,21H2,1-3H3. The zero-order valence-corrected chi connectivity index (χ0v) is 16.6. The van der Waals surface area contributed by atoms with Crippen molar-refractivity contribution in [2.24, 2.45) is 5.73 Å². The first-order valence-electron chi connectivity index (χ1n) is 9.23. The number of benzene rings is 1. The molecule has 1 saturated heterocycles. The zero-order valence-electron chi connectivity index (χ0n) is 15.8. The van der Waals surface area contributed by atoms with Gasteiger partial charge >= 0.3 is 0 Å². The van der Waals surface area contributed by atoms with Crippen molar-refractivity contribution in [3.05, 3.63) is 29.8 Å². The number of ether oxygens (including phenoxy) is 1. The normalized spacial score (nSPS) is 16.2. The van der Waals surface area contributed by atoms with Gasteiger partial charge in [0.15, 0.2) is 0 Å². The molecule has 1 aromatic rings. The Morgan fingerprint density at radius 2 is 1.88 bits per heavy atom. The van der Waals surface area contributed by atoms with E-state index in [1.165, 1.54) is 5.56 Å². The Balaban J connectivity index is 1.72. The molecular weight excluding hydrogens is 332 g/mol. The summed E-state index contributed by atoms with van der Waals surface area (Å²) in [6.45, 7) is 9.64. The van der Waals surface area contributed by atoms with Crippen LogP contribution >= 0.6 is 11.8 Å². The fraction of sp³-hybridized carbons (Fsp3) is 0.650. The van der Waals surface area contributed by atoms with Crippen LogP contribution in [0.3, 0.4) is 0 Å². The summed E-state index contributed by atoms with van der Waals surface area (Å²) >= 11 is 1.62. The van der Waals surface area contributed by atoms with Crippen LogP contribution in [-0.4, -0.2) is 48.9 Å². The van der Waals surface area contributed by atoms with E-state index in [4.69, 9.17) is 10.5 Å². The molecule has 5 heteroatoms.